The Hall–Kier alpha value is -4.20. The van der Waals surface area contributed by atoms with Gasteiger partial charge >= 0.3 is 126 Å². The van der Waals surface area contributed by atoms with E-state index in [2.05, 4.69) is 223 Å². The normalized spacial score (nSPS) is 11.6. The van der Waals surface area contributed by atoms with Crippen molar-refractivity contribution < 1.29 is 47.0 Å². The summed E-state index contributed by atoms with van der Waals surface area (Å²) in [5, 5.41) is 14.8. The summed E-state index contributed by atoms with van der Waals surface area (Å²) < 4.78 is 0. The molecule has 0 spiro atoms. The van der Waals surface area contributed by atoms with Crippen LogP contribution in [0.15, 0.2) is 146 Å². The third-order valence-electron chi connectivity index (χ3n) is 17.2. The number of hydrogen-bond donors (Lipinski definition) is 1. The number of rotatable bonds is 15. The molecule has 10 aromatic carbocycles. The Kier molecular flexibility index (Phi) is 36.5. The van der Waals surface area contributed by atoms with Gasteiger partial charge in [0, 0.05) is 53.3 Å². The van der Waals surface area contributed by atoms with Crippen LogP contribution in [0.1, 0.15) is 125 Å². The van der Waals surface area contributed by atoms with Crippen molar-refractivity contribution in [1.29, 1.82) is 0 Å². The van der Waals surface area contributed by atoms with E-state index in [1.807, 2.05) is 36.4 Å². The van der Waals surface area contributed by atoms with E-state index in [9.17, 15) is 0 Å². The average Bonchev–Trinajstić information content (AvgIpc) is 1.36. The van der Waals surface area contributed by atoms with Crippen molar-refractivity contribution in [3.8, 4) is 34.8 Å². The molecule has 1 nitrogen and oxygen atoms in total. The fraction of sp³-hybridized carbons (Fsp3) is 0.350. The minimum absolute atomic E-state index is 0. The zero-order chi connectivity index (χ0) is 61.8. The molecule has 1 aliphatic heterocycles. The van der Waals surface area contributed by atoms with E-state index >= 15 is 0 Å². The maximum atomic E-state index is 7.41. The Morgan fingerprint density at radius 3 is 1.03 bits per heavy atom. The van der Waals surface area contributed by atoms with Crippen LogP contribution in [0.4, 0.5) is 11.4 Å². The summed E-state index contributed by atoms with van der Waals surface area (Å²) in [4.78, 5) is 1.38. The third kappa shape index (κ3) is 20.4. The first kappa shape index (κ1) is 77.0. The summed E-state index contributed by atoms with van der Waals surface area (Å²) in [5.74, 6) is 9.99. The Balaban J connectivity index is 0.000000280. The van der Waals surface area contributed by atoms with Crippen molar-refractivity contribution in [3.63, 3.8) is 0 Å². The molecular formula is C80H97NP4Pt2+4. The molecule has 0 atom stereocenters. The first-order chi connectivity index (χ1) is 41.4. The Bertz CT molecular complexity index is 3480. The fourth-order valence-corrected chi connectivity index (χ4v) is 17.4. The fourth-order valence-electron chi connectivity index (χ4n) is 11.6. The van der Waals surface area contributed by atoms with Gasteiger partial charge < -0.3 is 0 Å². The van der Waals surface area contributed by atoms with Gasteiger partial charge in [-0.25, -0.2) is 0 Å². The number of benzene rings is 10. The molecule has 1 N–H and O–H groups in total. The van der Waals surface area contributed by atoms with Gasteiger partial charge in [-0.1, -0.05) is 130 Å². The molecule has 1 heterocycles. The van der Waals surface area contributed by atoms with Crippen molar-refractivity contribution in [2.75, 3.05) is 80.5 Å². The van der Waals surface area contributed by atoms with Crippen molar-refractivity contribution in [1.82, 2.24) is 0 Å². The van der Waals surface area contributed by atoms with E-state index in [1.165, 1.54) is 157 Å². The molecule has 10 aromatic rings. The molecular weight excluding hydrogens is 1490 g/mol. The summed E-state index contributed by atoms with van der Waals surface area (Å²) in [7, 11) is 0.858. The molecule has 0 amide bonds. The smallest absolute Gasteiger partial charge is 0.0334 e. The monoisotopic (exact) mass is 1590 g/mol. The second-order valence-corrected chi connectivity index (χ2v) is 35.7. The van der Waals surface area contributed by atoms with E-state index < -0.39 is 0 Å². The summed E-state index contributed by atoms with van der Waals surface area (Å²) in [6.07, 6.45) is 49.2. The molecule has 11 rings (SSSR count). The maximum Gasteiger partial charge on any atom is 0.0334 e. The van der Waals surface area contributed by atoms with E-state index in [1.54, 1.807) is 0 Å². The van der Waals surface area contributed by atoms with Crippen molar-refractivity contribution in [2.45, 2.75) is 103 Å². The molecule has 1 aliphatic rings. The van der Waals surface area contributed by atoms with Gasteiger partial charge in [0.1, 0.15) is 0 Å². The number of unbranched alkanes of at least 4 members (excludes halogenated alkanes) is 1. The maximum absolute atomic E-state index is 7.41. The first-order valence-corrected chi connectivity index (χ1v) is 40.1. The van der Waals surface area contributed by atoms with Crippen LogP contribution in [-0.2, 0) is 42.1 Å². The molecule has 2 radical (unpaired) electrons. The minimum Gasteiger partial charge on any atom is -0.0610 e. The number of nitrogens with one attached hydrogen (secondary N) is 1. The van der Waals surface area contributed by atoms with Gasteiger partial charge in [0.25, 0.3) is 0 Å². The Labute approximate surface area is 561 Å². The Morgan fingerprint density at radius 2 is 0.747 bits per heavy atom. The zero-order valence-corrected chi connectivity index (χ0v) is 63.0. The number of fused-ring (bicyclic) bond motifs is 3. The van der Waals surface area contributed by atoms with E-state index in [-0.39, 0.29) is 65.9 Å². The molecule has 0 aliphatic carbocycles. The predicted octanol–water partition coefficient (Wildman–Crippen LogP) is 21.5. The quantitative estimate of drug-likeness (QED) is 0.0452. The standard InChI is InChI=1S/C20H15N.2C18H9.4C6H15P.2Pt/c1-4-7-12-21-19-10-8-15(5-2)13-17(19)18-14-16(6-3)9-11-20(18)21;2*1-2-12-6-7-15-9-8-13-4-3-5-14-10-11-16(12)18(15)17(13)14;4*1-4-7(5-2)6-3;;/h8-11,13-14H,4,7,12H2,1H3;2*3-11H;4*4-6H2,1-3H3;;/p+4. The second kappa shape index (κ2) is 41.2. The van der Waals surface area contributed by atoms with Crippen LogP contribution in [0.3, 0.4) is 0 Å². The van der Waals surface area contributed by atoms with Gasteiger partial charge in [0.2, 0.25) is 0 Å². The molecule has 458 valence electrons. The summed E-state index contributed by atoms with van der Waals surface area (Å²) in [6.45, 7) is 30.9. The summed E-state index contributed by atoms with van der Waals surface area (Å²) >= 11 is 0. The van der Waals surface area contributed by atoms with Crippen LogP contribution >= 0.6 is 31.7 Å². The topological polar surface area (TPSA) is 4.44 Å². The van der Waals surface area contributed by atoms with Gasteiger partial charge in [0.05, 0.1) is 55.5 Å². The van der Waals surface area contributed by atoms with Gasteiger partial charge in [-0.05, 0) is 194 Å². The van der Waals surface area contributed by atoms with Gasteiger partial charge in [0.15, 0.2) is 0 Å². The Morgan fingerprint density at radius 1 is 0.425 bits per heavy atom. The largest absolute Gasteiger partial charge is 0.0610 e. The number of quaternary nitrogens is 1. The van der Waals surface area contributed by atoms with Gasteiger partial charge in [-0.3, -0.25) is 0 Å². The van der Waals surface area contributed by atoms with Crippen LogP contribution in [0, 0.1) is 49.4 Å². The first-order valence-electron chi connectivity index (χ1n) is 31.9. The van der Waals surface area contributed by atoms with Gasteiger partial charge in [-0.15, -0.1) is 7.92 Å². The SMILES string of the molecule is CCP(CC)CC.CC[PH+](CC)CC.CC[PH+](CC)CC.CC[PH+](CC)CC.[C+]#Cc1ccc2c(c1)-c1cc(C#[C-])ccc1[NH+]2CCCC.[C]#Cc1ccc2ccc3cccc4ccc1c2c34.[C]#Cc1ccc2ccc3cccc4ccc1c2c34.[Pt].[Pt]. The predicted molar refractivity (Wildman–Crippen MR) is 396 cm³/mol. The van der Waals surface area contributed by atoms with Crippen LogP contribution in [0.5, 0.6) is 0 Å². The molecule has 0 bridgehead atoms. The number of hydrogen-bond acceptors (Lipinski definition) is 0. The summed E-state index contributed by atoms with van der Waals surface area (Å²) in [5.41, 5.74) is 8.15. The molecule has 0 fully saturated rings. The second-order valence-electron chi connectivity index (χ2n) is 21.6. The van der Waals surface area contributed by atoms with Crippen LogP contribution < -0.4 is 4.90 Å². The van der Waals surface area contributed by atoms with Crippen molar-refractivity contribution in [2.24, 2.45) is 0 Å². The zero-order valence-electron chi connectivity index (χ0n) is 54.5. The van der Waals surface area contributed by atoms with Crippen molar-refractivity contribution >= 4 is 108 Å². The molecule has 7 heteroatoms. The molecule has 0 saturated carbocycles. The van der Waals surface area contributed by atoms with E-state index in [4.69, 9.17) is 25.7 Å². The van der Waals surface area contributed by atoms with E-state index in [0.717, 1.165) is 50.7 Å². The van der Waals surface area contributed by atoms with Crippen molar-refractivity contribution in [3.05, 3.63) is 194 Å². The van der Waals surface area contributed by atoms with Crippen LogP contribution in [0.2, 0.25) is 0 Å². The minimum atomic E-state index is 0. The van der Waals surface area contributed by atoms with Crippen LogP contribution in [-0.4, -0.2) is 80.5 Å². The molecule has 0 saturated heterocycles. The third-order valence-corrected chi connectivity index (χ3v) is 28.9. The molecule has 0 unspecified atom stereocenters. The average molecular weight is 1590 g/mol. The van der Waals surface area contributed by atoms with E-state index in [0.29, 0.717) is 7.92 Å². The summed E-state index contributed by atoms with van der Waals surface area (Å²) in [6, 6.07) is 50.1. The molecule has 87 heavy (non-hydrogen) atoms. The van der Waals surface area contributed by atoms with Gasteiger partial charge in [-0.2, -0.15) is 0 Å². The van der Waals surface area contributed by atoms with Crippen LogP contribution in [0.25, 0.3) is 75.8 Å². The molecule has 0 aromatic heterocycles.